The maximum Gasteiger partial charge on any atom is 0.226 e. The largest absolute Gasteiger partial charge is 0.332 e. The molecule has 94 valence electrons. The van der Waals surface area contributed by atoms with Crippen LogP contribution < -0.4 is 4.90 Å². The fraction of sp³-hybridized carbons (Fsp3) is 0.462. The van der Waals surface area contributed by atoms with E-state index in [-0.39, 0.29) is 0 Å². The van der Waals surface area contributed by atoms with Gasteiger partial charge in [0.05, 0.1) is 11.7 Å². The van der Waals surface area contributed by atoms with Crippen LogP contribution in [0.25, 0.3) is 0 Å². The second-order valence-electron chi connectivity index (χ2n) is 4.81. The summed E-state index contributed by atoms with van der Waals surface area (Å²) in [7, 11) is 0. The summed E-state index contributed by atoms with van der Waals surface area (Å²) in [6, 6.07) is 4.37. The Morgan fingerprint density at radius 2 is 2.06 bits per heavy atom. The molecule has 5 nitrogen and oxygen atoms in total. The second kappa shape index (κ2) is 4.40. The highest BCUT2D eigenvalue weighted by Gasteiger charge is 2.29. The smallest absolute Gasteiger partial charge is 0.226 e. The van der Waals surface area contributed by atoms with E-state index in [0.29, 0.717) is 6.04 Å². The minimum atomic E-state index is 0.327. The van der Waals surface area contributed by atoms with Gasteiger partial charge in [0.15, 0.2) is 0 Å². The zero-order valence-electron chi connectivity index (χ0n) is 10.7. The number of rotatable bonds is 2. The molecule has 1 N–H and O–H groups in total. The van der Waals surface area contributed by atoms with Crippen molar-refractivity contribution in [1.29, 1.82) is 0 Å². The predicted molar refractivity (Wildman–Crippen MR) is 69.4 cm³/mol. The highest BCUT2D eigenvalue weighted by molar-refractivity contribution is 5.37. The van der Waals surface area contributed by atoms with Crippen LogP contribution in [-0.4, -0.2) is 26.7 Å². The monoisotopic (exact) mass is 243 g/mol. The van der Waals surface area contributed by atoms with Gasteiger partial charge in [-0.3, -0.25) is 5.10 Å². The first-order chi connectivity index (χ1) is 8.74. The molecule has 1 fully saturated rings. The van der Waals surface area contributed by atoms with E-state index in [1.165, 1.54) is 6.42 Å². The summed E-state index contributed by atoms with van der Waals surface area (Å²) in [6.45, 7) is 5.03. The molecule has 0 aromatic carbocycles. The van der Waals surface area contributed by atoms with Gasteiger partial charge in [-0.15, -0.1) is 0 Å². The first-order valence-corrected chi connectivity index (χ1v) is 6.32. The molecule has 1 aliphatic rings. The van der Waals surface area contributed by atoms with Crippen molar-refractivity contribution in [2.45, 2.75) is 32.7 Å². The molecule has 1 aliphatic heterocycles. The first kappa shape index (κ1) is 11.2. The van der Waals surface area contributed by atoms with E-state index in [9.17, 15) is 0 Å². The molecular weight excluding hydrogens is 226 g/mol. The van der Waals surface area contributed by atoms with E-state index >= 15 is 0 Å². The van der Waals surface area contributed by atoms with Crippen LogP contribution in [0.1, 0.15) is 36.0 Å². The van der Waals surface area contributed by atoms with Gasteiger partial charge in [0.1, 0.15) is 0 Å². The molecule has 0 radical (unpaired) electrons. The average molecular weight is 243 g/mol. The summed E-state index contributed by atoms with van der Waals surface area (Å²) in [4.78, 5) is 11.4. The lowest BCUT2D eigenvalue weighted by Crippen LogP contribution is -2.25. The molecule has 0 amide bonds. The highest BCUT2D eigenvalue weighted by Crippen LogP contribution is 2.33. The number of nitrogens with zero attached hydrogens (tertiary/aromatic N) is 4. The number of H-pyrrole nitrogens is 1. The molecule has 0 aliphatic carbocycles. The van der Waals surface area contributed by atoms with E-state index in [0.717, 1.165) is 36.0 Å². The van der Waals surface area contributed by atoms with Crippen molar-refractivity contribution in [1.82, 2.24) is 20.2 Å². The van der Waals surface area contributed by atoms with Crippen LogP contribution in [-0.2, 0) is 0 Å². The Balaban J connectivity index is 1.95. The van der Waals surface area contributed by atoms with E-state index < -0.39 is 0 Å². The highest BCUT2D eigenvalue weighted by atomic mass is 15.3. The fourth-order valence-electron chi connectivity index (χ4n) is 2.62. The third-order valence-corrected chi connectivity index (χ3v) is 3.36. The SMILES string of the molecule is Cc1cc(C)nc(N2CCC[C@H]2c2ccn[nH]2)n1. The lowest BCUT2D eigenvalue weighted by molar-refractivity contribution is 0.673. The number of nitrogens with one attached hydrogen (secondary N) is 1. The molecule has 1 atom stereocenters. The molecule has 0 saturated carbocycles. The number of hydrogen-bond donors (Lipinski definition) is 1. The van der Waals surface area contributed by atoms with E-state index in [1.807, 2.05) is 26.0 Å². The molecule has 0 unspecified atom stereocenters. The predicted octanol–water partition coefficient (Wildman–Crippen LogP) is 2.16. The summed E-state index contributed by atoms with van der Waals surface area (Å²) in [5, 5.41) is 7.10. The summed E-state index contributed by atoms with van der Waals surface area (Å²) in [5.74, 6) is 0.838. The molecule has 1 saturated heterocycles. The maximum atomic E-state index is 4.56. The Hall–Kier alpha value is -1.91. The minimum absolute atomic E-state index is 0.327. The van der Waals surface area contributed by atoms with E-state index in [4.69, 9.17) is 0 Å². The third kappa shape index (κ3) is 1.96. The van der Waals surface area contributed by atoms with Crippen molar-refractivity contribution in [2.75, 3.05) is 11.4 Å². The molecule has 2 aromatic rings. The molecular formula is C13H17N5. The molecule has 0 spiro atoms. The van der Waals surface area contributed by atoms with Crippen LogP contribution in [0.15, 0.2) is 18.3 Å². The minimum Gasteiger partial charge on any atom is -0.332 e. The average Bonchev–Trinajstić information content (AvgIpc) is 2.98. The fourth-order valence-corrected chi connectivity index (χ4v) is 2.62. The number of aromatic nitrogens is 4. The standard InChI is InChI=1S/C13H17N5/c1-9-8-10(2)16-13(15-9)18-7-3-4-12(18)11-5-6-14-17-11/h5-6,8,12H,3-4,7H2,1-2H3,(H,14,17)/t12-/m0/s1. The van der Waals surface area contributed by atoms with Gasteiger partial charge in [0.2, 0.25) is 5.95 Å². The topological polar surface area (TPSA) is 57.7 Å². The first-order valence-electron chi connectivity index (χ1n) is 6.32. The normalized spacial score (nSPS) is 19.4. The summed E-state index contributed by atoms with van der Waals surface area (Å²) in [6.07, 6.45) is 4.09. The molecule has 2 aromatic heterocycles. The molecule has 0 bridgehead atoms. The second-order valence-corrected chi connectivity index (χ2v) is 4.81. The Bertz CT molecular complexity index is 514. The number of hydrogen-bond acceptors (Lipinski definition) is 4. The maximum absolute atomic E-state index is 4.56. The van der Waals surface area contributed by atoms with Crippen LogP contribution in [0.4, 0.5) is 5.95 Å². The van der Waals surface area contributed by atoms with Crippen LogP contribution in [0.3, 0.4) is 0 Å². The van der Waals surface area contributed by atoms with Gasteiger partial charge in [-0.05, 0) is 38.8 Å². The number of anilines is 1. The Kier molecular flexibility index (Phi) is 2.74. The summed E-state index contributed by atoms with van der Waals surface area (Å²) >= 11 is 0. The lowest BCUT2D eigenvalue weighted by Gasteiger charge is -2.24. The van der Waals surface area contributed by atoms with Gasteiger partial charge in [-0.1, -0.05) is 0 Å². The van der Waals surface area contributed by atoms with E-state index in [2.05, 4.69) is 25.1 Å². The van der Waals surface area contributed by atoms with Gasteiger partial charge in [-0.2, -0.15) is 5.10 Å². The van der Waals surface area contributed by atoms with Crippen molar-refractivity contribution >= 4 is 5.95 Å². The molecule has 5 heteroatoms. The number of aromatic amines is 1. The van der Waals surface area contributed by atoms with Gasteiger partial charge in [0, 0.05) is 24.1 Å². The Morgan fingerprint density at radius 1 is 1.28 bits per heavy atom. The molecule has 18 heavy (non-hydrogen) atoms. The zero-order chi connectivity index (χ0) is 12.5. The van der Waals surface area contributed by atoms with Crippen molar-refractivity contribution < 1.29 is 0 Å². The lowest BCUT2D eigenvalue weighted by atomic mass is 10.1. The van der Waals surface area contributed by atoms with Gasteiger partial charge >= 0.3 is 0 Å². The molecule has 3 heterocycles. The van der Waals surface area contributed by atoms with Gasteiger partial charge < -0.3 is 4.90 Å². The van der Waals surface area contributed by atoms with Crippen LogP contribution in [0, 0.1) is 13.8 Å². The van der Waals surface area contributed by atoms with E-state index in [1.54, 1.807) is 6.20 Å². The van der Waals surface area contributed by atoms with Gasteiger partial charge in [-0.25, -0.2) is 9.97 Å². The van der Waals surface area contributed by atoms with Crippen molar-refractivity contribution in [3.05, 3.63) is 35.4 Å². The van der Waals surface area contributed by atoms with Crippen molar-refractivity contribution in [3.8, 4) is 0 Å². The van der Waals surface area contributed by atoms with Gasteiger partial charge in [0.25, 0.3) is 0 Å². The van der Waals surface area contributed by atoms with Crippen LogP contribution in [0.5, 0.6) is 0 Å². The third-order valence-electron chi connectivity index (χ3n) is 3.36. The van der Waals surface area contributed by atoms with Crippen LogP contribution in [0.2, 0.25) is 0 Å². The van der Waals surface area contributed by atoms with Crippen molar-refractivity contribution in [3.63, 3.8) is 0 Å². The van der Waals surface area contributed by atoms with Crippen LogP contribution >= 0.6 is 0 Å². The number of aryl methyl sites for hydroxylation is 2. The van der Waals surface area contributed by atoms with Crippen molar-refractivity contribution in [2.24, 2.45) is 0 Å². The Labute approximate surface area is 106 Å². The Morgan fingerprint density at radius 3 is 2.72 bits per heavy atom. The zero-order valence-corrected chi connectivity index (χ0v) is 10.7. The quantitative estimate of drug-likeness (QED) is 0.878. The summed E-state index contributed by atoms with van der Waals surface area (Å²) < 4.78 is 0. The molecule has 3 rings (SSSR count). The summed E-state index contributed by atoms with van der Waals surface area (Å²) in [5.41, 5.74) is 3.19.